The van der Waals surface area contributed by atoms with E-state index in [-0.39, 0.29) is 10.6 Å². The molecular weight excluding hydrogens is 354 g/mol. The molecule has 0 saturated carbocycles. The van der Waals surface area contributed by atoms with Gasteiger partial charge in [0.25, 0.3) is 15.7 Å². The van der Waals surface area contributed by atoms with Crippen molar-refractivity contribution in [1.82, 2.24) is 4.83 Å². The quantitative estimate of drug-likeness (QED) is 0.504. The summed E-state index contributed by atoms with van der Waals surface area (Å²) in [7, 11) is -3.99. The van der Waals surface area contributed by atoms with E-state index in [0.29, 0.717) is 17.7 Å². The average Bonchev–Trinajstić information content (AvgIpc) is 2.82. The Kier molecular flexibility index (Phi) is 5.03. The number of hydrogen-bond donors (Lipinski definition) is 1. The largest absolute Gasteiger partial charge is 0.276 e. The van der Waals surface area contributed by atoms with Crippen LogP contribution in [0.3, 0.4) is 0 Å². The predicted molar refractivity (Wildman–Crippen MR) is 98.7 cm³/mol. The van der Waals surface area contributed by atoms with Crippen molar-refractivity contribution < 1.29 is 13.3 Å². The van der Waals surface area contributed by atoms with Gasteiger partial charge < -0.3 is 0 Å². The maximum atomic E-state index is 12.5. The molecule has 2 aromatic carbocycles. The first-order valence-corrected chi connectivity index (χ1v) is 9.78. The Labute approximate surface area is 152 Å². The summed E-state index contributed by atoms with van der Waals surface area (Å²) < 4.78 is 25.0. The van der Waals surface area contributed by atoms with Crippen molar-refractivity contribution in [2.75, 3.05) is 0 Å². The predicted octanol–water partition coefficient (Wildman–Crippen LogP) is 3.31. The monoisotopic (exact) mass is 373 g/mol. The smallest absolute Gasteiger partial charge is 0.258 e. The summed E-state index contributed by atoms with van der Waals surface area (Å²) in [5.74, 6) is 0. The first-order valence-electron chi connectivity index (χ1n) is 8.30. The number of nitro groups is 1. The number of aryl methyl sites for hydroxylation is 2. The minimum absolute atomic E-state index is 0.180. The third-order valence-corrected chi connectivity index (χ3v) is 5.63. The number of benzene rings is 2. The van der Waals surface area contributed by atoms with Crippen LogP contribution in [0.2, 0.25) is 0 Å². The van der Waals surface area contributed by atoms with Crippen LogP contribution in [-0.2, 0) is 16.4 Å². The molecule has 1 aliphatic rings. The summed E-state index contributed by atoms with van der Waals surface area (Å²) in [6.07, 6.45) is 3.55. The fourth-order valence-electron chi connectivity index (χ4n) is 3.00. The third-order valence-electron chi connectivity index (χ3n) is 4.43. The van der Waals surface area contributed by atoms with Gasteiger partial charge in [-0.25, -0.2) is 0 Å². The Morgan fingerprint density at radius 3 is 2.62 bits per heavy atom. The van der Waals surface area contributed by atoms with Crippen molar-refractivity contribution in [3.05, 3.63) is 69.3 Å². The molecule has 1 N–H and O–H groups in total. The van der Waals surface area contributed by atoms with E-state index in [1.54, 1.807) is 6.92 Å². The van der Waals surface area contributed by atoms with Gasteiger partial charge in [0.05, 0.1) is 15.5 Å². The lowest BCUT2D eigenvalue weighted by molar-refractivity contribution is -0.385. The van der Waals surface area contributed by atoms with Crippen LogP contribution in [0.1, 0.15) is 36.0 Å². The van der Waals surface area contributed by atoms with Crippen molar-refractivity contribution in [3.63, 3.8) is 0 Å². The first-order chi connectivity index (χ1) is 12.4. The highest BCUT2D eigenvalue weighted by molar-refractivity contribution is 7.89. The van der Waals surface area contributed by atoms with Gasteiger partial charge in [-0.1, -0.05) is 30.3 Å². The molecule has 26 heavy (non-hydrogen) atoms. The lowest BCUT2D eigenvalue weighted by Crippen LogP contribution is -2.21. The number of nitrogens with one attached hydrogen (secondary N) is 1. The minimum atomic E-state index is -3.99. The van der Waals surface area contributed by atoms with Crippen LogP contribution in [0.25, 0.3) is 0 Å². The lowest BCUT2D eigenvalue weighted by Gasteiger charge is -2.09. The fraction of sp³-hybridized carbons (Fsp3) is 0.278. The highest BCUT2D eigenvalue weighted by Gasteiger charge is 2.20. The Bertz CT molecular complexity index is 984. The number of sulfonamides is 1. The van der Waals surface area contributed by atoms with Crippen LogP contribution in [0.5, 0.6) is 0 Å². The molecular formula is C18H19N3O4S. The van der Waals surface area contributed by atoms with Gasteiger partial charge in [-0.2, -0.15) is 18.4 Å². The van der Waals surface area contributed by atoms with E-state index in [2.05, 4.69) is 9.93 Å². The van der Waals surface area contributed by atoms with Crippen LogP contribution in [0.15, 0.2) is 52.5 Å². The van der Waals surface area contributed by atoms with Crippen LogP contribution in [0, 0.1) is 17.0 Å². The molecule has 0 fully saturated rings. The maximum absolute atomic E-state index is 12.5. The summed E-state index contributed by atoms with van der Waals surface area (Å²) in [5.41, 5.74) is 2.94. The lowest BCUT2D eigenvalue weighted by atomic mass is 10.0. The molecule has 0 atom stereocenters. The van der Waals surface area contributed by atoms with Crippen LogP contribution >= 0.6 is 0 Å². The summed E-state index contributed by atoms with van der Waals surface area (Å²) in [5, 5.41) is 15.2. The number of nitrogens with zero attached hydrogens (tertiary/aromatic N) is 2. The van der Waals surface area contributed by atoms with Crippen LogP contribution in [0.4, 0.5) is 5.69 Å². The van der Waals surface area contributed by atoms with Crippen LogP contribution in [-0.4, -0.2) is 19.1 Å². The van der Waals surface area contributed by atoms with Gasteiger partial charge in [0, 0.05) is 17.2 Å². The summed E-state index contributed by atoms with van der Waals surface area (Å²) >= 11 is 0. The molecule has 0 radical (unpaired) electrons. The Hall–Kier alpha value is -2.74. The topological polar surface area (TPSA) is 102 Å². The molecule has 1 aliphatic carbocycles. The Morgan fingerprint density at radius 2 is 1.85 bits per heavy atom. The minimum Gasteiger partial charge on any atom is -0.258 e. The molecule has 8 heteroatoms. The van der Waals surface area contributed by atoms with Crippen LogP contribution < -0.4 is 4.83 Å². The SMILES string of the molecule is Cc1ccc(S(=O)(=O)N/N=C2/CCCCc3ccccc32)cc1[N+](=O)[O-]. The standard InChI is InChI=1S/C18H19N3O4S/c1-13-10-11-15(12-18(13)21(22)23)26(24,25)20-19-17-9-5-3-7-14-6-2-4-8-16(14)17/h2,4,6,8,10-12,20H,3,5,7,9H2,1H3/b19-17-. The molecule has 7 nitrogen and oxygen atoms in total. The van der Waals surface area contributed by atoms with Crippen molar-refractivity contribution in [2.45, 2.75) is 37.5 Å². The summed E-state index contributed by atoms with van der Waals surface area (Å²) in [6, 6.07) is 11.6. The summed E-state index contributed by atoms with van der Waals surface area (Å²) in [6.45, 7) is 1.56. The third kappa shape index (κ3) is 3.75. The van der Waals surface area contributed by atoms with E-state index < -0.39 is 14.9 Å². The molecule has 136 valence electrons. The zero-order valence-corrected chi connectivity index (χ0v) is 15.1. The molecule has 0 spiro atoms. The number of nitro benzene ring substituents is 1. The van der Waals surface area contributed by atoms with E-state index in [9.17, 15) is 18.5 Å². The van der Waals surface area contributed by atoms with Gasteiger partial charge in [-0.3, -0.25) is 10.1 Å². The van der Waals surface area contributed by atoms with Gasteiger partial charge in [-0.05, 0) is 44.2 Å². The van der Waals surface area contributed by atoms with Crippen molar-refractivity contribution >= 4 is 21.4 Å². The Balaban J connectivity index is 1.92. The summed E-state index contributed by atoms with van der Waals surface area (Å²) in [4.78, 5) is 12.5. The number of hydrogen-bond acceptors (Lipinski definition) is 5. The van der Waals surface area contributed by atoms with Gasteiger partial charge in [0.2, 0.25) is 0 Å². The van der Waals surface area contributed by atoms with E-state index in [1.165, 1.54) is 12.1 Å². The molecule has 0 aliphatic heterocycles. The highest BCUT2D eigenvalue weighted by atomic mass is 32.2. The zero-order chi connectivity index (χ0) is 18.7. The van der Waals surface area contributed by atoms with Gasteiger partial charge in [0.1, 0.15) is 0 Å². The average molecular weight is 373 g/mol. The van der Waals surface area contributed by atoms with Gasteiger partial charge in [-0.15, -0.1) is 0 Å². The van der Waals surface area contributed by atoms with Crippen molar-refractivity contribution in [2.24, 2.45) is 5.10 Å². The van der Waals surface area contributed by atoms with Crippen molar-refractivity contribution in [1.29, 1.82) is 0 Å². The van der Waals surface area contributed by atoms with E-state index in [4.69, 9.17) is 0 Å². The second kappa shape index (κ2) is 7.25. The second-order valence-electron chi connectivity index (χ2n) is 6.22. The maximum Gasteiger partial charge on any atom is 0.276 e. The molecule has 0 unspecified atom stereocenters. The van der Waals surface area contributed by atoms with Gasteiger partial charge >= 0.3 is 0 Å². The molecule has 0 amide bonds. The van der Waals surface area contributed by atoms with Gasteiger partial charge in [0.15, 0.2) is 0 Å². The Morgan fingerprint density at radius 1 is 1.12 bits per heavy atom. The van der Waals surface area contributed by atoms with E-state index in [0.717, 1.165) is 36.5 Å². The normalized spacial score (nSPS) is 16.0. The number of hydrazone groups is 1. The molecule has 0 bridgehead atoms. The number of rotatable bonds is 4. The fourth-order valence-corrected chi connectivity index (χ4v) is 3.85. The number of fused-ring (bicyclic) bond motifs is 1. The highest BCUT2D eigenvalue weighted by Crippen LogP contribution is 2.23. The molecule has 3 rings (SSSR count). The van der Waals surface area contributed by atoms with E-state index >= 15 is 0 Å². The van der Waals surface area contributed by atoms with E-state index in [1.807, 2.05) is 24.3 Å². The second-order valence-corrected chi connectivity index (χ2v) is 7.88. The molecule has 0 saturated heterocycles. The molecule has 0 aromatic heterocycles. The molecule has 0 heterocycles. The van der Waals surface area contributed by atoms with Crippen molar-refractivity contribution in [3.8, 4) is 0 Å². The first kappa shape index (κ1) is 18.1. The zero-order valence-electron chi connectivity index (χ0n) is 14.3. The molecule has 2 aromatic rings.